The third-order valence-corrected chi connectivity index (χ3v) is 2.98. The Bertz CT molecular complexity index is 307. The van der Waals surface area contributed by atoms with Crippen molar-refractivity contribution in [2.45, 2.75) is 32.1 Å². The molecule has 0 radical (unpaired) electrons. The van der Waals surface area contributed by atoms with Gasteiger partial charge in [-0.2, -0.15) is 30.3 Å². The van der Waals surface area contributed by atoms with Gasteiger partial charge in [0.15, 0.2) is 0 Å². The summed E-state index contributed by atoms with van der Waals surface area (Å²) >= 11 is 4.18. The molecular formula is C16H22FeS-6. The molecule has 2 heteroatoms. The van der Waals surface area contributed by atoms with E-state index in [0.717, 1.165) is 5.75 Å². The van der Waals surface area contributed by atoms with Crippen LogP contribution in [0.3, 0.4) is 0 Å². The Morgan fingerprint density at radius 2 is 1.28 bits per heavy atom. The van der Waals surface area contributed by atoms with Crippen LogP contribution < -0.4 is 0 Å². The second-order valence-electron chi connectivity index (χ2n) is 4.14. The molecule has 0 saturated carbocycles. The van der Waals surface area contributed by atoms with Crippen LogP contribution in [0.2, 0.25) is 0 Å². The fourth-order valence-corrected chi connectivity index (χ4v) is 1.92. The van der Waals surface area contributed by atoms with Gasteiger partial charge in [-0.3, -0.25) is 0 Å². The van der Waals surface area contributed by atoms with E-state index in [1.807, 2.05) is 30.3 Å². The van der Waals surface area contributed by atoms with Crippen LogP contribution in [0.5, 0.6) is 0 Å². The fourth-order valence-electron chi connectivity index (χ4n) is 1.70. The predicted molar refractivity (Wildman–Crippen MR) is 80.1 cm³/mol. The molecule has 2 aromatic rings. The van der Waals surface area contributed by atoms with Crippen LogP contribution in [0.1, 0.15) is 31.2 Å². The normalized spacial score (nSPS) is 9.17. The van der Waals surface area contributed by atoms with Crippen molar-refractivity contribution in [2.24, 2.45) is 0 Å². The third-order valence-electron chi connectivity index (χ3n) is 2.66. The average molecular weight is 302 g/mol. The zero-order valence-electron chi connectivity index (χ0n) is 10.7. The molecule has 0 aliphatic heterocycles. The molecule has 0 fully saturated rings. The van der Waals surface area contributed by atoms with Gasteiger partial charge < -0.3 is 30.3 Å². The van der Waals surface area contributed by atoms with Gasteiger partial charge in [-0.25, -0.2) is 12.1 Å². The molecule has 0 unspecified atom stereocenters. The van der Waals surface area contributed by atoms with E-state index in [1.165, 1.54) is 37.7 Å². The van der Waals surface area contributed by atoms with Gasteiger partial charge in [0.1, 0.15) is 0 Å². The Kier molecular flexibility index (Phi) is 12.7. The number of thiol groups is 1. The van der Waals surface area contributed by atoms with Crippen molar-refractivity contribution in [2.75, 3.05) is 5.75 Å². The van der Waals surface area contributed by atoms with E-state index >= 15 is 0 Å². The van der Waals surface area contributed by atoms with Gasteiger partial charge in [-0.05, 0) is 12.2 Å². The summed E-state index contributed by atoms with van der Waals surface area (Å²) in [6, 6.07) is 18.6. The summed E-state index contributed by atoms with van der Waals surface area (Å²) in [5.41, 5.74) is 1.49. The number of hydrogen-bond donors (Lipinski definition) is 1. The molecule has 18 heavy (non-hydrogen) atoms. The van der Waals surface area contributed by atoms with Crippen molar-refractivity contribution in [3.8, 4) is 0 Å². The molecule has 0 bridgehead atoms. The van der Waals surface area contributed by atoms with Crippen molar-refractivity contribution < 1.29 is 17.1 Å². The third kappa shape index (κ3) is 9.58. The van der Waals surface area contributed by atoms with Gasteiger partial charge in [0.25, 0.3) is 0 Å². The summed E-state index contributed by atoms with van der Waals surface area (Å²) in [7, 11) is 0. The fraction of sp³-hybridized carbons (Fsp3) is 0.375. The molecule has 2 rings (SSSR count). The second-order valence-corrected chi connectivity index (χ2v) is 4.59. The van der Waals surface area contributed by atoms with Gasteiger partial charge in [0.05, 0.1) is 0 Å². The van der Waals surface area contributed by atoms with E-state index in [1.54, 1.807) is 0 Å². The SMILES string of the molecule is SCCCCCC[c-]1cccc1.[Fe].[cH-]1[cH-][cH-][cH-][cH-]1. The molecule has 0 N–H and O–H groups in total. The van der Waals surface area contributed by atoms with Crippen molar-refractivity contribution in [1.29, 1.82) is 0 Å². The molecule has 106 valence electrons. The van der Waals surface area contributed by atoms with E-state index < -0.39 is 0 Å². The zero-order chi connectivity index (χ0) is 12.2. The monoisotopic (exact) mass is 302 g/mol. The van der Waals surface area contributed by atoms with Crippen LogP contribution in [-0.4, -0.2) is 5.75 Å². The van der Waals surface area contributed by atoms with E-state index in [2.05, 4.69) is 36.9 Å². The maximum absolute atomic E-state index is 4.18. The Labute approximate surface area is 127 Å². The molecule has 0 aliphatic rings. The van der Waals surface area contributed by atoms with Gasteiger partial charge >= 0.3 is 0 Å². The van der Waals surface area contributed by atoms with E-state index in [4.69, 9.17) is 0 Å². The molecule has 0 nitrogen and oxygen atoms in total. The Hall–Kier alpha value is -0.431. The molecule has 0 aliphatic carbocycles. The van der Waals surface area contributed by atoms with Crippen molar-refractivity contribution in [3.05, 3.63) is 60.2 Å². The van der Waals surface area contributed by atoms with Crippen molar-refractivity contribution >= 4 is 12.6 Å². The summed E-state index contributed by atoms with van der Waals surface area (Å²) in [6.45, 7) is 0. The standard InChI is InChI=1S/C11H17S.C5H5.Fe/c12-10-6-2-1-3-7-11-8-4-5-9-11;1-2-4-5-3-1;/h4-5,8-9,12H,1-3,6-7,10H2;1-5H;/q-1;-5;. The average Bonchev–Trinajstić information content (AvgIpc) is 3.05. The smallest absolute Gasteiger partial charge is 0 e. The first-order valence-corrected chi connectivity index (χ1v) is 7.05. The first-order valence-electron chi connectivity index (χ1n) is 6.41. The van der Waals surface area contributed by atoms with E-state index in [0.29, 0.717) is 0 Å². The molecule has 0 aromatic heterocycles. The van der Waals surface area contributed by atoms with E-state index in [9.17, 15) is 0 Å². The second kappa shape index (κ2) is 13.0. The van der Waals surface area contributed by atoms with Crippen LogP contribution >= 0.6 is 12.6 Å². The Balaban J connectivity index is 0.000000405. The Morgan fingerprint density at radius 3 is 1.78 bits per heavy atom. The maximum Gasteiger partial charge on any atom is 0 e. The van der Waals surface area contributed by atoms with Crippen LogP contribution in [0, 0.1) is 0 Å². The molecule has 0 spiro atoms. The minimum Gasteiger partial charge on any atom is -0.748 e. The first kappa shape index (κ1) is 17.6. The summed E-state index contributed by atoms with van der Waals surface area (Å²) in [5, 5.41) is 0. The van der Waals surface area contributed by atoms with Gasteiger partial charge in [0.2, 0.25) is 0 Å². The summed E-state index contributed by atoms with van der Waals surface area (Å²) < 4.78 is 0. The minimum atomic E-state index is 0. The summed E-state index contributed by atoms with van der Waals surface area (Å²) in [6.07, 6.45) is 6.54. The van der Waals surface area contributed by atoms with Crippen LogP contribution in [0.4, 0.5) is 0 Å². The van der Waals surface area contributed by atoms with Crippen LogP contribution in [0.25, 0.3) is 0 Å². The number of hydrogen-bond acceptors (Lipinski definition) is 1. The van der Waals surface area contributed by atoms with E-state index in [-0.39, 0.29) is 17.1 Å². The van der Waals surface area contributed by atoms with Crippen molar-refractivity contribution in [1.82, 2.24) is 0 Å². The maximum atomic E-state index is 4.18. The quantitative estimate of drug-likeness (QED) is 0.335. The van der Waals surface area contributed by atoms with Crippen LogP contribution in [0.15, 0.2) is 54.6 Å². The van der Waals surface area contributed by atoms with Gasteiger partial charge in [0, 0.05) is 17.1 Å². The topological polar surface area (TPSA) is 0 Å². The summed E-state index contributed by atoms with van der Waals surface area (Å²) in [5.74, 6) is 1.04. The van der Waals surface area contributed by atoms with Gasteiger partial charge in [-0.15, -0.1) is 0 Å². The predicted octanol–water partition coefficient (Wildman–Crippen LogP) is 4.84. The molecule has 0 amide bonds. The largest absolute Gasteiger partial charge is 0.748 e. The first-order chi connectivity index (χ1) is 8.43. The van der Waals surface area contributed by atoms with Crippen molar-refractivity contribution in [3.63, 3.8) is 0 Å². The van der Waals surface area contributed by atoms with Crippen LogP contribution in [-0.2, 0) is 23.5 Å². The number of aryl methyl sites for hydroxylation is 1. The minimum absolute atomic E-state index is 0. The molecular weight excluding hydrogens is 280 g/mol. The molecule has 0 saturated heterocycles. The Morgan fingerprint density at radius 1 is 0.778 bits per heavy atom. The molecule has 0 atom stereocenters. The zero-order valence-corrected chi connectivity index (χ0v) is 12.7. The number of unbranched alkanes of at least 4 members (excludes halogenated alkanes) is 3. The number of rotatable bonds is 6. The molecule has 0 heterocycles. The summed E-state index contributed by atoms with van der Waals surface area (Å²) in [4.78, 5) is 0. The van der Waals surface area contributed by atoms with Gasteiger partial charge in [-0.1, -0.05) is 25.7 Å². The molecule has 2 aromatic carbocycles.